The molecule has 0 aromatic carbocycles. The number of thioether (sulfide) groups is 1. The van der Waals surface area contributed by atoms with Crippen molar-refractivity contribution >= 4 is 17.7 Å². The molecule has 1 aromatic rings. The van der Waals surface area contributed by atoms with Crippen molar-refractivity contribution in [1.29, 1.82) is 0 Å². The lowest BCUT2D eigenvalue weighted by atomic mass is 10.2. The van der Waals surface area contributed by atoms with E-state index in [1.165, 1.54) is 0 Å². The number of nitrogens with zero attached hydrogens (tertiary/aromatic N) is 2. The van der Waals surface area contributed by atoms with Gasteiger partial charge in [0.25, 0.3) is 0 Å². The Hall–Kier alpha value is -1.27. The molecule has 0 spiro atoms. The number of ether oxygens (including phenoxy) is 1. The standard InChI is InChI=1S/C13H18N2O3S/c1-18-12-4-2-3-10(14-12)8-15-5-6-19-9-11(15)7-13(16)17/h2-4,11H,5-9H2,1H3,(H,16,17). The fourth-order valence-electron chi connectivity index (χ4n) is 2.15. The second kappa shape index (κ2) is 6.77. The Kier molecular flexibility index (Phi) is 5.04. The van der Waals surface area contributed by atoms with E-state index < -0.39 is 5.97 Å². The van der Waals surface area contributed by atoms with E-state index in [0.29, 0.717) is 12.4 Å². The monoisotopic (exact) mass is 282 g/mol. The first-order valence-corrected chi connectivity index (χ1v) is 7.38. The van der Waals surface area contributed by atoms with Crippen LogP contribution in [0.3, 0.4) is 0 Å². The summed E-state index contributed by atoms with van der Waals surface area (Å²) in [6.45, 7) is 1.58. The molecule has 1 saturated heterocycles. The molecule has 1 aromatic heterocycles. The molecule has 1 fully saturated rings. The summed E-state index contributed by atoms with van der Waals surface area (Å²) >= 11 is 1.82. The molecule has 1 aliphatic heterocycles. The van der Waals surface area contributed by atoms with Gasteiger partial charge >= 0.3 is 5.97 Å². The minimum absolute atomic E-state index is 0.0873. The van der Waals surface area contributed by atoms with E-state index in [2.05, 4.69) is 9.88 Å². The zero-order valence-corrected chi connectivity index (χ0v) is 11.7. The fourth-order valence-corrected chi connectivity index (χ4v) is 3.29. The van der Waals surface area contributed by atoms with Gasteiger partial charge in [0.1, 0.15) is 0 Å². The summed E-state index contributed by atoms with van der Waals surface area (Å²) in [6, 6.07) is 5.75. The second-order valence-electron chi connectivity index (χ2n) is 4.47. The molecule has 5 nitrogen and oxygen atoms in total. The van der Waals surface area contributed by atoms with E-state index in [-0.39, 0.29) is 12.5 Å². The molecule has 0 amide bonds. The first-order valence-electron chi connectivity index (χ1n) is 6.22. The lowest BCUT2D eigenvalue weighted by Crippen LogP contribution is -2.43. The van der Waals surface area contributed by atoms with E-state index in [1.807, 2.05) is 30.0 Å². The van der Waals surface area contributed by atoms with Crippen molar-refractivity contribution < 1.29 is 14.6 Å². The number of carbonyl (C=O) groups is 1. The third kappa shape index (κ3) is 4.11. The molecule has 1 aliphatic rings. The minimum atomic E-state index is -0.740. The van der Waals surface area contributed by atoms with Crippen LogP contribution in [0.1, 0.15) is 12.1 Å². The van der Waals surface area contributed by atoms with Gasteiger partial charge in [0.15, 0.2) is 0 Å². The number of pyridine rings is 1. The lowest BCUT2D eigenvalue weighted by Gasteiger charge is -2.34. The molecule has 1 N–H and O–H groups in total. The third-order valence-electron chi connectivity index (χ3n) is 3.12. The summed E-state index contributed by atoms with van der Waals surface area (Å²) < 4.78 is 5.11. The molecule has 19 heavy (non-hydrogen) atoms. The summed E-state index contributed by atoms with van der Waals surface area (Å²) in [5.74, 6) is 1.77. The number of hydrogen-bond donors (Lipinski definition) is 1. The maximum Gasteiger partial charge on any atom is 0.304 e. The average molecular weight is 282 g/mol. The molecule has 0 radical (unpaired) electrons. The van der Waals surface area contributed by atoms with Crippen LogP contribution in [0.15, 0.2) is 18.2 Å². The van der Waals surface area contributed by atoms with E-state index in [1.54, 1.807) is 7.11 Å². The fraction of sp³-hybridized carbons (Fsp3) is 0.538. The Bertz CT molecular complexity index is 442. The molecule has 6 heteroatoms. The molecule has 0 aliphatic carbocycles. The molecule has 0 bridgehead atoms. The molecule has 1 unspecified atom stereocenters. The number of aromatic nitrogens is 1. The highest BCUT2D eigenvalue weighted by atomic mass is 32.2. The third-order valence-corrected chi connectivity index (χ3v) is 4.21. The van der Waals surface area contributed by atoms with Gasteiger partial charge in [-0.15, -0.1) is 0 Å². The van der Waals surface area contributed by atoms with Crippen LogP contribution < -0.4 is 4.74 Å². The predicted molar refractivity (Wildman–Crippen MR) is 74.6 cm³/mol. The molecule has 0 saturated carbocycles. The second-order valence-corrected chi connectivity index (χ2v) is 5.62. The number of rotatable bonds is 5. The van der Waals surface area contributed by atoms with E-state index in [4.69, 9.17) is 9.84 Å². The van der Waals surface area contributed by atoms with Crippen molar-refractivity contribution in [1.82, 2.24) is 9.88 Å². The van der Waals surface area contributed by atoms with Gasteiger partial charge in [-0.05, 0) is 6.07 Å². The number of carboxylic acid groups (broad SMARTS) is 1. The highest BCUT2D eigenvalue weighted by Crippen LogP contribution is 2.21. The lowest BCUT2D eigenvalue weighted by molar-refractivity contribution is -0.138. The molecule has 1 atom stereocenters. The van der Waals surface area contributed by atoms with Gasteiger partial charge in [-0.2, -0.15) is 11.8 Å². The van der Waals surface area contributed by atoms with Gasteiger partial charge < -0.3 is 9.84 Å². The maximum absolute atomic E-state index is 10.9. The van der Waals surface area contributed by atoms with Crippen molar-refractivity contribution in [2.24, 2.45) is 0 Å². The Morgan fingerprint density at radius 1 is 1.63 bits per heavy atom. The Morgan fingerprint density at radius 3 is 3.21 bits per heavy atom. The first kappa shape index (κ1) is 14.1. The van der Waals surface area contributed by atoms with Crippen LogP contribution in [0.5, 0.6) is 5.88 Å². The normalized spacial score (nSPS) is 20.2. The number of aliphatic carboxylic acids is 1. The topological polar surface area (TPSA) is 62.7 Å². The Balaban J connectivity index is 2.03. The van der Waals surface area contributed by atoms with Gasteiger partial charge in [-0.25, -0.2) is 4.98 Å². The summed E-state index contributed by atoms with van der Waals surface area (Å²) in [5, 5.41) is 8.96. The van der Waals surface area contributed by atoms with Gasteiger partial charge in [-0.3, -0.25) is 9.69 Å². The van der Waals surface area contributed by atoms with Gasteiger partial charge in [-0.1, -0.05) is 6.07 Å². The van der Waals surface area contributed by atoms with Crippen LogP contribution in [0, 0.1) is 0 Å². The van der Waals surface area contributed by atoms with E-state index >= 15 is 0 Å². The van der Waals surface area contributed by atoms with Gasteiger partial charge in [0.2, 0.25) is 5.88 Å². The van der Waals surface area contributed by atoms with E-state index in [9.17, 15) is 4.79 Å². The van der Waals surface area contributed by atoms with Gasteiger partial charge in [0.05, 0.1) is 19.2 Å². The highest BCUT2D eigenvalue weighted by molar-refractivity contribution is 7.99. The first-order chi connectivity index (χ1) is 9.19. The quantitative estimate of drug-likeness (QED) is 0.882. The van der Waals surface area contributed by atoms with Crippen LogP contribution in [0.25, 0.3) is 0 Å². The summed E-state index contributed by atoms with van der Waals surface area (Å²) in [7, 11) is 1.59. The number of hydrogen-bond acceptors (Lipinski definition) is 5. The van der Waals surface area contributed by atoms with Crippen LogP contribution in [0.2, 0.25) is 0 Å². The average Bonchev–Trinajstić information content (AvgIpc) is 2.41. The smallest absolute Gasteiger partial charge is 0.304 e. The van der Waals surface area contributed by atoms with Crippen molar-refractivity contribution in [3.63, 3.8) is 0 Å². The SMILES string of the molecule is COc1cccc(CN2CCSCC2CC(=O)O)n1. The zero-order valence-electron chi connectivity index (χ0n) is 10.9. The summed E-state index contributed by atoms with van der Waals surface area (Å²) in [4.78, 5) is 17.5. The molecular formula is C13H18N2O3S. The molecule has 2 heterocycles. The summed E-state index contributed by atoms with van der Waals surface area (Å²) in [5.41, 5.74) is 0.918. The van der Waals surface area contributed by atoms with Crippen molar-refractivity contribution in [3.8, 4) is 5.88 Å². The van der Waals surface area contributed by atoms with Crippen LogP contribution >= 0.6 is 11.8 Å². The minimum Gasteiger partial charge on any atom is -0.481 e. The van der Waals surface area contributed by atoms with Crippen LogP contribution in [0.4, 0.5) is 0 Å². The van der Waals surface area contributed by atoms with Crippen LogP contribution in [-0.4, -0.2) is 52.2 Å². The van der Waals surface area contributed by atoms with Gasteiger partial charge in [0, 0.05) is 36.7 Å². The molecule has 104 valence electrons. The number of methoxy groups -OCH3 is 1. The zero-order chi connectivity index (χ0) is 13.7. The maximum atomic E-state index is 10.9. The summed E-state index contributed by atoms with van der Waals surface area (Å²) in [6.07, 6.45) is 0.191. The van der Waals surface area contributed by atoms with Crippen molar-refractivity contribution in [2.45, 2.75) is 19.0 Å². The van der Waals surface area contributed by atoms with Crippen LogP contribution in [-0.2, 0) is 11.3 Å². The van der Waals surface area contributed by atoms with Crippen molar-refractivity contribution in [3.05, 3.63) is 23.9 Å². The molecule has 2 rings (SSSR count). The number of carboxylic acids is 1. The highest BCUT2D eigenvalue weighted by Gasteiger charge is 2.25. The molecular weight excluding hydrogens is 264 g/mol. The largest absolute Gasteiger partial charge is 0.481 e. The Morgan fingerprint density at radius 2 is 2.47 bits per heavy atom. The van der Waals surface area contributed by atoms with E-state index in [0.717, 1.165) is 23.7 Å². The predicted octanol–water partition coefficient (Wildman–Crippen LogP) is 1.48. The van der Waals surface area contributed by atoms with Crippen molar-refractivity contribution in [2.75, 3.05) is 25.2 Å². The Labute approximate surface area is 117 Å².